The molecule has 0 bridgehead atoms. The Morgan fingerprint density at radius 2 is 1.75 bits per heavy atom. The Bertz CT molecular complexity index is 346. The predicted octanol–water partition coefficient (Wildman–Crippen LogP) is 6.70. The van der Waals surface area contributed by atoms with Gasteiger partial charge in [0.15, 0.2) is 0 Å². The average Bonchev–Trinajstić information content (AvgIpc) is 2.55. The molecule has 1 saturated carbocycles. The molecule has 0 radical (unpaired) electrons. The van der Waals surface area contributed by atoms with E-state index in [0.29, 0.717) is 5.41 Å². The van der Waals surface area contributed by atoms with Crippen molar-refractivity contribution in [3.63, 3.8) is 0 Å². The van der Waals surface area contributed by atoms with Gasteiger partial charge in [-0.15, -0.1) is 0 Å². The summed E-state index contributed by atoms with van der Waals surface area (Å²) in [5.41, 5.74) is 2.10. The molecule has 0 amide bonds. The van der Waals surface area contributed by atoms with Crippen molar-refractivity contribution in [2.45, 2.75) is 73.1 Å². The molecule has 0 heteroatoms. The fraction of sp³-hybridized carbons (Fsp3) is 0.700. The van der Waals surface area contributed by atoms with Gasteiger partial charge in [0.1, 0.15) is 0 Å². The van der Waals surface area contributed by atoms with Crippen LogP contribution in [0.1, 0.15) is 73.1 Å². The maximum atomic E-state index is 2.49. The van der Waals surface area contributed by atoms with Crippen molar-refractivity contribution in [3.8, 4) is 0 Å². The smallest absolute Gasteiger partial charge is 0.0135 e. The molecular formula is C20H34. The van der Waals surface area contributed by atoms with Gasteiger partial charge >= 0.3 is 0 Å². The van der Waals surface area contributed by atoms with E-state index in [9.17, 15) is 0 Å². The Hall–Kier alpha value is -0.780. The first-order valence-corrected chi connectivity index (χ1v) is 8.44. The van der Waals surface area contributed by atoms with Crippen LogP contribution in [0.2, 0.25) is 0 Å². The summed E-state index contributed by atoms with van der Waals surface area (Å²) >= 11 is 0. The molecule has 1 fully saturated rings. The summed E-state index contributed by atoms with van der Waals surface area (Å²) in [6, 6.07) is 0. The largest absolute Gasteiger partial charge is 0.0805 e. The average molecular weight is 274 g/mol. The van der Waals surface area contributed by atoms with Gasteiger partial charge < -0.3 is 0 Å². The first-order valence-electron chi connectivity index (χ1n) is 8.44. The molecule has 20 heavy (non-hydrogen) atoms. The van der Waals surface area contributed by atoms with Crippen LogP contribution in [0, 0.1) is 17.3 Å². The second kappa shape index (κ2) is 8.49. The lowest BCUT2D eigenvalue weighted by Gasteiger charge is -2.40. The lowest BCUT2D eigenvalue weighted by molar-refractivity contribution is 0.112. The van der Waals surface area contributed by atoms with Gasteiger partial charge in [-0.1, -0.05) is 70.1 Å². The maximum Gasteiger partial charge on any atom is -0.0135 e. The molecule has 0 aromatic carbocycles. The summed E-state index contributed by atoms with van der Waals surface area (Å²) in [7, 11) is 0. The summed E-state index contributed by atoms with van der Waals surface area (Å²) in [4.78, 5) is 0. The van der Waals surface area contributed by atoms with E-state index in [1.165, 1.54) is 37.7 Å². The Labute approximate surface area is 127 Å². The molecule has 2 aliphatic rings. The molecule has 2 unspecified atom stereocenters. The summed E-state index contributed by atoms with van der Waals surface area (Å²) in [5, 5.41) is 0. The molecule has 2 aliphatic carbocycles. The molecule has 0 N–H and O–H groups in total. The van der Waals surface area contributed by atoms with Crippen LogP contribution in [-0.4, -0.2) is 0 Å². The second-order valence-electron chi connectivity index (χ2n) is 7.45. The number of allylic oxidation sites excluding steroid dienone is 6. The van der Waals surface area contributed by atoms with Crippen molar-refractivity contribution in [2.75, 3.05) is 0 Å². The zero-order chi connectivity index (χ0) is 15.0. The minimum Gasteiger partial charge on any atom is -0.0805 e. The molecule has 0 aliphatic heterocycles. The van der Waals surface area contributed by atoms with E-state index < -0.39 is 0 Å². The van der Waals surface area contributed by atoms with E-state index in [0.717, 1.165) is 18.3 Å². The molecule has 0 aromatic rings. The highest BCUT2D eigenvalue weighted by atomic mass is 14.4. The second-order valence-corrected chi connectivity index (χ2v) is 7.45. The Balaban J connectivity index is 0.000000217. The normalized spacial score (nSPS) is 33.0. The monoisotopic (exact) mass is 274 g/mol. The van der Waals surface area contributed by atoms with Crippen LogP contribution in [0.3, 0.4) is 0 Å². The van der Waals surface area contributed by atoms with Crippen molar-refractivity contribution in [3.05, 3.63) is 36.0 Å². The molecule has 0 aromatic heterocycles. The van der Waals surface area contributed by atoms with Gasteiger partial charge in [0.2, 0.25) is 0 Å². The third kappa shape index (κ3) is 6.59. The van der Waals surface area contributed by atoms with Crippen LogP contribution in [0.4, 0.5) is 0 Å². The van der Waals surface area contributed by atoms with E-state index >= 15 is 0 Å². The molecule has 114 valence electrons. The topological polar surface area (TPSA) is 0 Å². The molecule has 0 heterocycles. The summed E-state index contributed by atoms with van der Waals surface area (Å²) in [6.07, 6.45) is 18.8. The van der Waals surface area contributed by atoms with E-state index in [1.54, 1.807) is 0 Å². The first-order chi connectivity index (χ1) is 9.45. The molecule has 0 spiro atoms. The molecule has 2 rings (SSSR count). The van der Waals surface area contributed by atoms with Crippen molar-refractivity contribution in [1.82, 2.24) is 0 Å². The summed E-state index contributed by atoms with van der Waals surface area (Å²) in [6.45, 7) is 11.8. The molecule has 0 nitrogen and oxygen atoms in total. The fourth-order valence-electron chi connectivity index (χ4n) is 4.11. The Kier molecular flexibility index (Phi) is 7.34. The van der Waals surface area contributed by atoms with Crippen LogP contribution in [-0.2, 0) is 0 Å². The third-order valence-corrected chi connectivity index (χ3v) is 4.52. The highest BCUT2D eigenvalue weighted by Gasteiger charge is 2.32. The Morgan fingerprint density at radius 1 is 1.10 bits per heavy atom. The van der Waals surface area contributed by atoms with Crippen molar-refractivity contribution in [2.24, 2.45) is 17.3 Å². The van der Waals surface area contributed by atoms with Gasteiger partial charge in [-0.05, 0) is 56.3 Å². The molecule has 2 atom stereocenters. The van der Waals surface area contributed by atoms with Gasteiger partial charge in [-0.2, -0.15) is 0 Å². The van der Waals surface area contributed by atoms with Gasteiger partial charge in [-0.3, -0.25) is 0 Å². The van der Waals surface area contributed by atoms with Crippen LogP contribution in [0.5, 0.6) is 0 Å². The minimum absolute atomic E-state index is 0.672. The van der Waals surface area contributed by atoms with Crippen LogP contribution in [0.15, 0.2) is 36.0 Å². The number of rotatable bonds is 2. The van der Waals surface area contributed by atoms with Crippen molar-refractivity contribution in [1.29, 1.82) is 0 Å². The van der Waals surface area contributed by atoms with Crippen molar-refractivity contribution >= 4 is 0 Å². The standard InChI is InChI=1S/C12H24.C8H10/c1-5-6-12(4)8-10(2)7-11(3)9-12;1-8-6-4-2-3-5-7-8/h10-11H,5-9H2,1-4H3;2-6H,7H2,1H3. The van der Waals surface area contributed by atoms with E-state index in [1.807, 2.05) is 0 Å². The van der Waals surface area contributed by atoms with Gasteiger partial charge in [0.25, 0.3) is 0 Å². The van der Waals surface area contributed by atoms with E-state index in [-0.39, 0.29) is 0 Å². The van der Waals surface area contributed by atoms with Crippen LogP contribution >= 0.6 is 0 Å². The SMILES string of the molecule is CC1=CC=CC=CC1.CCCC1(C)CC(C)CC(C)C1. The first kappa shape index (κ1) is 17.3. The molecular weight excluding hydrogens is 240 g/mol. The zero-order valence-corrected chi connectivity index (χ0v) is 14.3. The van der Waals surface area contributed by atoms with Crippen LogP contribution < -0.4 is 0 Å². The minimum atomic E-state index is 0.672. The summed E-state index contributed by atoms with van der Waals surface area (Å²) < 4.78 is 0. The highest BCUT2D eigenvalue weighted by molar-refractivity contribution is 5.21. The Morgan fingerprint density at radius 3 is 2.35 bits per heavy atom. The maximum absolute atomic E-state index is 2.49. The zero-order valence-electron chi connectivity index (χ0n) is 14.3. The van der Waals surface area contributed by atoms with Crippen molar-refractivity contribution < 1.29 is 0 Å². The van der Waals surface area contributed by atoms with E-state index in [4.69, 9.17) is 0 Å². The van der Waals surface area contributed by atoms with Crippen LogP contribution in [0.25, 0.3) is 0 Å². The fourth-order valence-corrected chi connectivity index (χ4v) is 4.11. The number of hydrogen-bond donors (Lipinski definition) is 0. The number of hydrogen-bond acceptors (Lipinski definition) is 0. The lowest BCUT2D eigenvalue weighted by atomic mass is 9.65. The van der Waals surface area contributed by atoms with Gasteiger partial charge in [0, 0.05) is 0 Å². The predicted molar refractivity (Wildman–Crippen MR) is 91.8 cm³/mol. The third-order valence-electron chi connectivity index (χ3n) is 4.52. The van der Waals surface area contributed by atoms with Gasteiger partial charge in [-0.25, -0.2) is 0 Å². The van der Waals surface area contributed by atoms with Gasteiger partial charge in [0.05, 0.1) is 0 Å². The summed E-state index contributed by atoms with van der Waals surface area (Å²) in [5.74, 6) is 1.93. The lowest BCUT2D eigenvalue weighted by Crippen LogP contribution is -2.28. The highest BCUT2D eigenvalue weighted by Crippen LogP contribution is 2.44. The quantitative estimate of drug-likeness (QED) is 0.525. The molecule has 0 saturated heterocycles. The van der Waals surface area contributed by atoms with E-state index in [2.05, 4.69) is 65.0 Å².